The molecule has 0 atom stereocenters. The topological polar surface area (TPSA) is 44.5 Å². The molecule has 2 aromatic heterocycles. The highest BCUT2D eigenvalue weighted by molar-refractivity contribution is 5.63. The minimum Gasteiger partial charge on any atom is -0.367 e. The van der Waals surface area contributed by atoms with Crippen molar-refractivity contribution in [2.45, 2.75) is 0 Å². The molecule has 16 heavy (non-hydrogen) atoms. The molecule has 0 bridgehead atoms. The summed E-state index contributed by atoms with van der Waals surface area (Å²) in [6, 6.07) is 12.2. The fourth-order valence-electron chi connectivity index (χ4n) is 1.70. The zero-order chi connectivity index (χ0) is 10.8. The van der Waals surface area contributed by atoms with Crippen LogP contribution in [0.25, 0.3) is 22.6 Å². The van der Waals surface area contributed by atoms with E-state index in [1.54, 1.807) is 0 Å². The number of nitrogens with one attached hydrogen (secondary N) is 2. The molecule has 3 nitrogen and oxygen atoms in total. The first-order valence-electron chi connectivity index (χ1n) is 5.17. The Morgan fingerprint density at radius 3 is 2.56 bits per heavy atom. The third-order valence-corrected chi connectivity index (χ3v) is 2.53. The lowest BCUT2D eigenvalue weighted by molar-refractivity contribution is 1.31. The second-order valence-electron chi connectivity index (χ2n) is 3.61. The van der Waals surface area contributed by atoms with Crippen LogP contribution >= 0.6 is 0 Å². The predicted octanol–water partition coefficient (Wildman–Crippen LogP) is 3.07. The van der Waals surface area contributed by atoms with Crippen LogP contribution in [0.4, 0.5) is 0 Å². The Labute approximate surface area is 93.2 Å². The monoisotopic (exact) mass is 209 g/mol. The maximum Gasteiger partial charge on any atom is 0.139 e. The number of H-pyrrole nitrogens is 2. The number of benzene rings is 1. The molecule has 3 aromatic rings. The summed E-state index contributed by atoms with van der Waals surface area (Å²) in [5.41, 5.74) is 3.26. The van der Waals surface area contributed by atoms with Crippen molar-refractivity contribution < 1.29 is 0 Å². The van der Waals surface area contributed by atoms with E-state index in [-0.39, 0.29) is 0 Å². The summed E-state index contributed by atoms with van der Waals surface area (Å²) in [6.45, 7) is 0. The van der Waals surface area contributed by atoms with Crippen LogP contribution in [0.2, 0.25) is 0 Å². The Kier molecular flexibility index (Phi) is 2.07. The van der Waals surface area contributed by atoms with E-state index >= 15 is 0 Å². The van der Waals surface area contributed by atoms with Gasteiger partial charge in [-0.1, -0.05) is 30.3 Å². The Hall–Kier alpha value is -2.29. The van der Waals surface area contributed by atoms with Gasteiger partial charge in [-0.2, -0.15) is 0 Å². The third kappa shape index (κ3) is 1.52. The normalized spacial score (nSPS) is 10.5. The summed E-state index contributed by atoms with van der Waals surface area (Å²) in [5.74, 6) is 0.889. The Balaban J connectivity index is 2.00. The molecule has 0 saturated carbocycles. The molecule has 3 rings (SSSR count). The number of imidazole rings is 1. The van der Waals surface area contributed by atoms with Gasteiger partial charge in [0.15, 0.2) is 0 Å². The number of aromatic amines is 2. The molecular weight excluding hydrogens is 198 g/mol. The van der Waals surface area contributed by atoms with E-state index < -0.39 is 0 Å². The van der Waals surface area contributed by atoms with E-state index in [9.17, 15) is 0 Å². The molecule has 0 saturated heterocycles. The van der Waals surface area contributed by atoms with Gasteiger partial charge in [-0.05, 0) is 11.6 Å². The molecule has 2 heterocycles. The van der Waals surface area contributed by atoms with Gasteiger partial charge in [0.1, 0.15) is 5.82 Å². The van der Waals surface area contributed by atoms with E-state index in [2.05, 4.69) is 27.1 Å². The lowest BCUT2D eigenvalue weighted by Gasteiger charge is -1.95. The summed E-state index contributed by atoms with van der Waals surface area (Å²) in [7, 11) is 0. The number of hydrogen-bond acceptors (Lipinski definition) is 1. The highest BCUT2D eigenvalue weighted by Crippen LogP contribution is 2.21. The zero-order valence-corrected chi connectivity index (χ0v) is 8.64. The van der Waals surface area contributed by atoms with Crippen molar-refractivity contribution in [2.75, 3.05) is 0 Å². The quantitative estimate of drug-likeness (QED) is 0.669. The first-order valence-corrected chi connectivity index (χ1v) is 5.17. The second kappa shape index (κ2) is 3.70. The van der Waals surface area contributed by atoms with Crippen LogP contribution in [0.3, 0.4) is 0 Å². The van der Waals surface area contributed by atoms with Gasteiger partial charge >= 0.3 is 0 Å². The molecule has 0 spiro atoms. The highest BCUT2D eigenvalue weighted by atomic mass is 14.9. The third-order valence-electron chi connectivity index (χ3n) is 2.53. The summed E-state index contributed by atoms with van der Waals surface area (Å²) in [6.07, 6.45) is 5.67. The molecule has 0 radical (unpaired) electrons. The molecule has 0 amide bonds. The van der Waals surface area contributed by atoms with E-state index in [4.69, 9.17) is 0 Å². The second-order valence-corrected chi connectivity index (χ2v) is 3.61. The van der Waals surface area contributed by atoms with Crippen LogP contribution in [0.15, 0.2) is 55.0 Å². The van der Waals surface area contributed by atoms with Crippen LogP contribution in [0.5, 0.6) is 0 Å². The fourth-order valence-corrected chi connectivity index (χ4v) is 1.70. The average Bonchev–Trinajstić information content (AvgIpc) is 3.01. The van der Waals surface area contributed by atoms with Crippen LogP contribution in [-0.2, 0) is 0 Å². The molecule has 0 fully saturated rings. The first kappa shape index (κ1) is 8.97. The molecule has 0 aliphatic carbocycles. The van der Waals surface area contributed by atoms with E-state index in [1.807, 2.05) is 42.9 Å². The van der Waals surface area contributed by atoms with E-state index in [0.717, 1.165) is 22.6 Å². The SMILES string of the molecule is c1ccc(-c2cnc(-c3cc[nH]c3)[nH]2)cc1. The van der Waals surface area contributed by atoms with Crippen molar-refractivity contribution in [3.63, 3.8) is 0 Å². The van der Waals surface area contributed by atoms with Gasteiger partial charge in [-0.25, -0.2) is 4.98 Å². The maximum absolute atomic E-state index is 4.36. The van der Waals surface area contributed by atoms with Crippen LogP contribution in [-0.4, -0.2) is 15.0 Å². The van der Waals surface area contributed by atoms with Crippen molar-refractivity contribution in [3.8, 4) is 22.6 Å². The number of rotatable bonds is 2. The lowest BCUT2D eigenvalue weighted by atomic mass is 10.2. The van der Waals surface area contributed by atoms with Gasteiger partial charge in [0.2, 0.25) is 0 Å². The van der Waals surface area contributed by atoms with Gasteiger partial charge in [-0.3, -0.25) is 0 Å². The van der Waals surface area contributed by atoms with Crippen molar-refractivity contribution in [3.05, 3.63) is 55.0 Å². The molecule has 3 heteroatoms. The van der Waals surface area contributed by atoms with Gasteiger partial charge in [0.05, 0.1) is 11.9 Å². The molecule has 0 unspecified atom stereocenters. The maximum atomic E-state index is 4.36. The van der Waals surface area contributed by atoms with Crippen molar-refractivity contribution in [1.29, 1.82) is 0 Å². The molecular formula is C13H11N3. The van der Waals surface area contributed by atoms with Crippen molar-refractivity contribution >= 4 is 0 Å². The number of hydrogen-bond donors (Lipinski definition) is 2. The number of aromatic nitrogens is 3. The van der Waals surface area contributed by atoms with Gasteiger partial charge in [0.25, 0.3) is 0 Å². The molecule has 0 aliphatic rings. The molecule has 1 aromatic carbocycles. The minimum atomic E-state index is 0.889. The molecule has 0 aliphatic heterocycles. The summed E-state index contributed by atoms with van der Waals surface area (Å²) in [5, 5.41) is 0. The zero-order valence-electron chi connectivity index (χ0n) is 8.64. The fraction of sp³-hybridized carbons (Fsp3) is 0. The summed E-state index contributed by atoms with van der Waals surface area (Å²) >= 11 is 0. The molecule has 78 valence electrons. The standard InChI is InChI=1S/C13H11N3/c1-2-4-10(5-3-1)12-9-15-13(16-12)11-6-7-14-8-11/h1-9,14H,(H,15,16). The summed E-state index contributed by atoms with van der Waals surface area (Å²) in [4.78, 5) is 10.7. The summed E-state index contributed by atoms with van der Waals surface area (Å²) < 4.78 is 0. The smallest absolute Gasteiger partial charge is 0.139 e. The Morgan fingerprint density at radius 1 is 0.938 bits per heavy atom. The van der Waals surface area contributed by atoms with E-state index in [1.165, 1.54) is 0 Å². The molecule has 2 N–H and O–H groups in total. The van der Waals surface area contributed by atoms with Crippen LogP contribution in [0, 0.1) is 0 Å². The van der Waals surface area contributed by atoms with Gasteiger partial charge in [-0.15, -0.1) is 0 Å². The largest absolute Gasteiger partial charge is 0.367 e. The number of nitrogens with zero attached hydrogens (tertiary/aromatic N) is 1. The van der Waals surface area contributed by atoms with Gasteiger partial charge < -0.3 is 9.97 Å². The minimum absolute atomic E-state index is 0.889. The lowest BCUT2D eigenvalue weighted by Crippen LogP contribution is -1.78. The Morgan fingerprint density at radius 2 is 1.81 bits per heavy atom. The average molecular weight is 209 g/mol. The van der Waals surface area contributed by atoms with E-state index in [0.29, 0.717) is 0 Å². The van der Waals surface area contributed by atoms with Crippen molar-refractivity contribution in [2.24, 2.45) is 0 Å². The van der Waals surface area contributed by atoms with Crippen LogP contribution < -0.4 is 0 Å². The van der Waals surface area contributed by atoms with Gasteiger partial charge in [0, 0.05) is 18.0 Å². The first-order chi connectivity index (χ1) is 7.93. The van der Waals surface area contributed by atoms with Crippen LogP contribution in [0.1, 0.15) is 0 Å². The Bertz CT molecular complexity index is 564. The highest BCUT2D eigenvalue weighted by Gasteiger charge is 2.04. The predicted molar refractivity (Wildman–Crippen MR) is 63.8 cm³/mol. The van der Waals surface area contributed by atoms with Crippen molar-refractivity contribution in [1.82, 2.24) is 15.0 Å².